The van der Waals surface area contributed by atoms with Gasteiger partial charge in [-0.25, -0.2) is 4.68 Å². The SMILES string of the molecule is Cc1ccc(C)c(C(=O)Nc2cnn(COCC(F)(F)F)c2)c1. The molecule has 1 amide bonds. The van der Waals surface area contributed by atoms with Crippen molar-refractivity contribution in [2.75, 3.05) is 11.9 Å². The lowest BCUT2D eigenvalue weighted by Crippen LogP contribution is -2.18. The van der Waals surface area contributed by atoms with Crippen LogP contribution in [0.25, 0.3) is 0 Å². The highest BCUT2D eigenvalue weighted by Gasteiger charge is 2.27. The van der Waals surface area contributed by atoms with Crippen LogP contribution in [0, 0.1) is 13.8 Å². The molecule has 124 valence electrons. The zero-order valence-electron chi connectivity index (χ0n) is 12.6. The van der Waals surface area contributed by atoms with Crippen molar-refractivity contribution in [3.8, 4) is 0 Å². The van der Waals surface area contributed by atoms with Gasteiger partial charge < -0.3 is 10.1 Å². The lowest BCUT2D eigenvalue weighted by atomic mass is 10.1. The molecule has 0 atom stereocenters. The molecule has 5 nitrogen and oxygen atoms in total. The number of benzene rings is 1. The topological polar surface area (TPSA) is 56.2 Å². The number of ether oxygens (including phenoxy) is 1. The van der Waals surface area contributed by atoms with Crippen LogP contribution in [0.4, 0.5) is 18.9 Å². The fourth-order valence-corrected chi connectivity index (χ4v) is 1.93. The molecule has 0 aliphatic carbocycles. The third kappa shape index (κ3) is 5.10. The highest BCUT2D eigenvalue weighted by molar-refractivity contribution is 6.05. The predicted molar refractivity (Wildman–Crippen MR) is 78.1 cm³/mol. The lowest BCUT2D eigenvalue weighted by molar-refractivity contribution is -0.182. The van der Waals surface area contributed by atoms with Crippen LogP contribution in [0.3, 0.4) is 0 Å². The van der Waals surface area contributed by atoms with Gasteiger partial charge in [-0.05, 0) is 25.5 Å². The van der Waals surface area contributed by atoms with E-state index in [0.29, 0.717) is 11.3 Å². The van der Waals surface area contributed by atoms with Crippen LogP contribution in [0.2, 0.25) is 0 Å². The van der Waals surface area contributed by atoms with Crippen molar-refractivity contribution < 1.29 is 22.7 Å². The summed E-state index contributed by atoms with van der Waals surface area (Å²) >= 11 is 0. The molecule has 23 heavy (non-hydrogen) atoms. The summed E-state index contributed by atoms with van der Waals surface area (Å²) < 4.78 is 41.6. The number of nitrogens with zero attached hydrogens (tertiary/aromatic N) is 2. The Bertz CT molecular complexity index is 696. The minimum Gasteiger partial charge on any atom is -0.350 e. The number of alkyl halides is 3. The lowest BCUT2D eigenvalue weighted by Gasteiger charge is -2.08. The Morgan fingerprint density at radius 2 is 2.09 bits per heavy atom. The van der Waals surface area contributed by atoms with Gasteiger partial charge in [0.15, 0.2) is 0 Å². The number of carbonyl (C=O) groups is 1. The number of amides is 1. The number of halogens is 3. The largest absolute Gasteiger partial charge is 0.411 e. The molecule has 2 rings (SSSR count). The van der Waals surface area contributed by atoms with Gasteiger partial charge in [-0.3, -0.25) is 4.79 Å². The Balaban J connectivity index is 1.96. The summed E-state index contributed by atoms with van der Waals surface area (Å²) in [4.78, 5) is 12.2. The molecule has 0 saturated heterocycles. The smallest absolute Gasteiger partial charge is 0.350 e. The van der Waals surface area contributed by atoms with E-state index in [1.165, 1.54) is 17.1 Å². The Labute approximate surface area is 131 Å². The average molecular weight is 327 g/mol. The summed E-state index contributed by atoms with van der Waals surface area (Å²) in [5, 5.41) is 6.49. The second kappa shape index (κ2) is 6.82. The summed E-state index contributed by atoms with van der Waals surface area (Å²) in [5.74, 6) is -0.304. The normalized spacial score (nSPS) is 11.5. The van der Waals surface area contributed by atoms with Crippen molar-refractivity contribution in [2.45, 2.75) is 26.8 Å². The molecule has 0 bridgehead atoms. The molecular weight excluding hydrogens is 311 g/mol. The van der Waals surface area contributed by atoms with Gasteiger partial charge in [0.1, 0.15) is 13.3 Å². The van der Waals surface area contributed by atoms with E-state index in [1.54, 1.807) is 6.07 Å². The molecule has 0 saturated carbocycles. The van der Waals surface area contributed by atoms with Crippen molar-refractivity contribution in [3.05, 3.63) is 47.3 Å². The first-order chi connectivity index (χ1) is 10.7. The van der Waals surface area contributed by atoms with Crippen LogP contribution in [0.5, 0.6) is 0 Å². The zero-order chi connectivity index (χ0) is 17.0. The Morgan fingerprint density at radius 1 is 1.35 bits per heavy atom. The van der Waals surface area contributed by atoms with Gasteiger partial charge in [0.25, 0.3) is 5.91 Å². The summed E-state index contributed by atoms with van der Waals surface area (Å²) in [5.41, 5.74) is 2.70. The van der Waals surface area contributed by atoms with Crippen LogP contribution in [0.1, 0.15) is 21.5 Å². The average Bonchev–Trinajstić information content (AvgIpc) is 2.87. The van der Waals surface area contributed by atoms with Gasteiger partial charge in [0.05, 0.1) is 18.1 Å². The number of aromatic nitrogens is 2. The molecule has 0 aliphatic heterocycles. The second-order valence-corrected chi connectivity index (χ2v) is 5.13. The molecule has 0 fully saturated rings. The Hall–Kier alpha value is -2.35. The summed E-state index contributed by atoms with van der Waals surface area (Å²) in [6, 6.07) is 5.52. The van der Waals surface area contributed by atoms with Crippen LogP contribution < -0.4 is 5.32 Å². The molecule has 0 aliphatic rings. The maximum Gasteiger partial charge on any atom is 0.411 e. The molecule has 0 spiro atoms. The number of carbonyl (C=O) groups excluding carboxylic acids is 1. The van der Waals surface area contributed by atoms with Crippen LogP contribution in [-0.2, 0) is 11.5 Å². The van der Waals surface area contributed by atoms with Gasteiger partial charge in [-0.2, -0.15) is 18.3 Å². The third-order valence-corrected chi connectivity index (χ3v) is 3.02. The van der Waals surface area contributed by atoms with Crippen molar-refractivity contribution in [3.63, 3.8) is 0 Å². The quantitative estimate of drug-likeness (QED) is 0.917. The molecule has 1 N–H and O–H groups in total. The van der Waals surface area contributed by atoms with E-state index in [-0.39, 0.29) is 12.6 Å². The first-order valence-electron chi connectivity index (χ1n) is 6.80. The van der Waals surface area contributed by atoms with E-state index < -0.39 is 12.8 Å². The van der Waals surface area contributed by atoms with Crippen molar-refractivity contribution in [1.82, 2.24) is 9.78 Å². The van der Waals surface area contributed by atoms with Gasteiger partial charge >= 0.3 is 6.18 Å². The highest BCUT2D eigenvalue weighted by Crippen LogP contribution is 2.16. The fraction of sp³-hybridized carbons (Fsp3) is 0.333. The highest BCUT2D eigenvalue weighted by atomic mass is 19.4. The van der Waals surface area contributed by atoms with Crippen LogP contribution in [-0.4, -0.2) is 28.5 Å². The second-order valence-electron chi connectivity index (χ2n) is 5.13. The molecule has 1 heterocycles. The van der Waals surface area contributed by atoms with E-state index in [4.69, 9.17) is 0 Å². The molecule has 0 radical (unpaired) electrons. The first-order valence-corrected chi connectivity index (χ1v) is 6.80. The van der Waals surface area contributed by atoms with E-state index in [0.717, 1.165) is 11.1 Å². The van der Waals surface area contributed by atoms with E-state index >= 15 is 0 Å². The molecule has 1 aromatic heterocycles. The summed E-state index contributed by atoms with van der Waals surface area (Å²) in [6.07, 6.45) is -1.63. The van der Waals surface area contributed by atoms with Gasteiger partial charge in [-0.15, -0.1) is 0 Å². The molecular formula is C15H16F3N3O2. The Morgan fingerprint density at radius 3 is 2.78 bits per heavy atom. The van der Waals surface area contributed by atoms with Crippen molar-refractivity contribution >= 4 is 11.6 Å². The standard InChI is InChI=1S/C15H16F3N3O2/c1-10-3-4-11(2)13(5-10)14(22)20-12-6-19-21(7-12)9-23-8-15(16,17)18/h3-7H,8-9H2,1-2H3,(H,20,22). The monoisotopic (exact) mass is 327 g/mol. The van der Waals surface area contributed by atoms with E-state index in [2.05, 4.69) is 15.2 Å². The summed E-state index contributed by atoms with van der Waals surface area (Å²) in [6.45, 7) is 2.00. The number of hydrogen-bond donors (Lipinski definition) is 1. The Kier molecular flexibility index (Phi) is 5.05. The van der Waals surface area contributed by atoms with Crippen molar-refractivity contribution in [2.24, 2.45) is 0 Å². The molecule has 0 unspecified atom stereocenters. The van der Waals surface area contributed by atoms with E-state index in [9.17, 15) is 18.0 Å². The number of hydrogen-bond acceptors (Lipinski definition) is 3. The predicted octanol–water partition coefficient (Wildman–Crippen LogP) is 3.29. The maximum atomic E-state index is 12.2. The molecule has 8 heteroatoms. The van der Waals surface area contributed by atoms with Crippen LogP contribution >= 0.6 is 0 Å². The van der Waals surface area contributed by atoms with Gasteiger partial charge in [0.2, 0.25) is 0 Å². The number of rotatable bonds is 5. The number of nitrogens with one attached hydrogen (secondary N) is 1. The number of anilines is 1. The molecule has 2 aromatic rings. The maximum absolute atomic E-state index is 12.2. The van der Waals surface area contributed by atoms with Gasteiger partial charge in [-0.1, -0.05) is 17.7 Å². The molecule has 1 aromatic carbocycles. The zero-order valence-corrected chi connectivity index (χ0v) is 12.6. The van der Waals surface area contributed by atoms with Crippen LogP contribution in [0.15, 0.2) is 30.6 Å². The first kappa shape index (κ1) is 17.0. The van der Waals surface area contributed by atoms with Gasteiger partial charge in [0, 0.05) is 5.56 Å². The summed E-state index contributed by atoms with van der Waals surface area (Å²) in [7, 11) is 0. The van der Waals surface area contributed by atoms with Crippen molar-refractivity contribution in [1.29, 1.82) is 0 Å². The minimum atomic E-state index is -4.38. The fourth-order valence-electron chi connectivity index (χ4n) is 1.93. The van der Waals surface area contributed by atoms with E-state index in [1.807, 2.05) is 26.0 Å². The minimum absolute atomic E-state index is 0.304. The number of aryl methyl sites for hydroxylation is 2. The third-order valence-electron chi connectivity index (χ3n) is 3.02.